The standard InChI is InChI=1S/C10H13FO/c1-8-3-4-10(7-9(8)2)12-6-5-11/h3-4,7H,5-6H2,1-2H3. The molecule has 1 rings (SSSR count). The van der Waals surface area contributed by atoms with E-state index < -0.39 is 6.67 Å². The molecule has 0 spiro atoms. The molecule has 1 nitrogen and oxygen atoms in total. The van der Waals surface area contributed by atoms with E-state index in [0.717, 1.165) is 5.75 Å². The molecule has 0 aliphatic heterocycles. The summed E-state index contributed by atoms with van der Waals surface area (Å²) in [5.74, 6) is 0.746. The van der Waals surface area contributed by atoms with Gasteiger partial charge in [0.15, 0.2) is 0 Å². The highest BCUT2D eigenvalue weighted by atomic mass is 19.1. The van der Waals surface area contributed by atoms with E-state index in [1.54, 1.807) is 0 Å². The van der Waals surface area contributed by atoms with E-state index in [2.05, 4.69) is 0 Å². The number of rotatable bonds is 3. The second-order valence-electron chi connectivity index (χ2n) is 2.78. The lowest BCUT2D eigenvalue weighted by atomic mass is 10.1. The van der Waals surface area contributed by atoms with Gasteiger partial charge in [-0.05, 0) is 37.1 Å². The minimum Gasteiger partial charge on any atom is -0.491 e. The Hall–Kier alpha value is -1.05. The smallest absolute Gasteiger partial charge is 0.123 e. The highest BCUT2D eigenvalue weighted by Crippen LogP contribution is 2.15. The second-order valence-corrected chi connectivity index (χ2v) is 2.78. The third kappa shape index (κ3) is 2.22. The molecule has 1 aromatic rings. The quantitative estimate of drug-likeness (QED) is 0.674. The number of ether oxygens (including phenoxy) is 1. The van der Waals surface area contributed by atoms with Gasteiger partial charge < -0.3 is 4.74 Å². The molecule has 0 fully saturated rings. The Morgan fingerprint density at radius 1 is 1.25 bits per heavy atom. The third-order valence-corrected chi connectivity index (χ3v) is 1.82. The van der Waals surface area contributed by atoms with Crippen LogP contribution in [0.25, 0.3) is 0 Å². The topological polar surface area (TPSA) is 9.23 Å². The fraction of sp³-hybridized carbons (Fsp3) is 0.400. The Morgan fingerprint density at radius 3 is 2.58 bits per heavy atom. The van der Waals surface area contributed by atoms with Crippen molar-refractivity contribution in [3.05, 3.63) is 29.3 Å². The monoisotopic (exact) mass is 168 g/mol. The van der Waals surface area contributed by atoms with Crippen molar-refractivity contribution in [2.45, 2.75) is 13.8 Å². The van der Waals surface area contributed by atoms with Gasteiger partial charge in [-0.3, -0.25) is 0 Å². The molecular weight excluding hydrogens is 155 g/mol. The molecule has 0 unspecified atom stereocenters. The number of hydrogen-bond acceptors (Lipinski definition) is 1. The number of alkyl halides is 1. The van der Waals surface area contributed by atoms with Crippen LogP contribution in [0.15, 0.2) is 18.2 Å². The fourth-order valence-corrected chi connectivity index (χ4v) is 0.960. The number of aryl methyl sites for hydroxylation is 2. The molecule has 12 heavy (non-hydrogen) atoms. The van der Waals surface area contributed by atoms with Crippen LogP contribution in [0.3, 0.4) is 0 Å². The predicted octanol–water partition coefficient (Wildman–Crippen LogP) is 2.65. The van der Waals surface area contributed by atoms with Gasteiger partial charge in [0.2, 0.25) is 0 Å². The molecule has 0 bridgehead atoms. The van der Waals surface area contributed by atoms with Crippen LogP contribution < -0.4 is 4.74 Å². The highest BCUT2D eigenvalue weighted by molar-refractivity contribution is 5.33. The number of benzene rings is 1. The molecule has 66 valence electrons. The van der Waals surface area contributed by atoms with Crippen LogP contribution in [0, 0.1) is 13.8 Å². The van der Waals surface area contributed by atoms with Crippen molar-refractivity contribution in [2.24, 2.45) is 0 Å². The summed E-state index contributed by atoms with van der Waals surface area (Å²) in [7, 11) is 0. The first-order valence-corrected chi connectivity index (χ1v) is 4.00. The maximum atomic E-state index is 11.7. The van der Waals surface area contributed by atoms with E-state index in [1.807, 2.05) is 32.0 Å². The SMILES string of the molecule is Cc1ccc(OCCF)cc1C. The Labute approximate surface area is 72.2 Å². The van der Waals surface area contributed by atoms with Gasteiger partial charge in [0.05, 0.1) is 0 Å². The molecule has 1 aromatic carbocycles. The summed E-state index contributed by atoms with van der Waals surface area (Å²) in [5, 5.41) is 0. The maximum absolute atomic E-state index is 11.7. The second kappa shape index (κ2) is 4.10. The first kappa shape index (κ1) is 9.04. The molecule has 0 heterocycles. The Bertz CT molecular complexity index is 258. The molecule has 0 aliphatic carbocycles. The van der Waals surface area contributed by atoms with Crippen LogP contribution in [0.1, 0.15) is 11.1 Å². The summed E-state index contributed by atoms with van der Waals surface area (Å²) in [6.07, 6.45) is 0. The van der Waals surface area contributed by atoms with E-state index in [4.69, 9.17) is 4.74 Å². The summed E-state index contributed by atoms with van der Waals surface area (Å²) >= 11 is 0. The molecular formula is C10H13FO. The van der Waals surface area contributed by atoms with Crippen LogP contribution in [-0.4, -0.2) is 13.3 Å². The molecule has 0 N–H and O–H groups in total. The number of halogens is 1. The highest BCUT2D eigenvalue weighted by Gasteiger charge is 1.95. The van der Waals surface area contributed by atoms with Gasteiger partial charge in [0.1, 0.15) is 19.0 Å². The van der Waals surface area contributed by atoms with Gasteiger partial charge in [0, 0.05) is 0 Å². The minimum absolute atomic E-state index is 0.141. The first-order chi connectivity index (χ1) is 5.74. The Balaban J connectivity index is 2.69. The largest absolute Gasteiger partial charge is 0.491 e. The van der Waals surface area contributed by atoms with E-state index in [0.29, 0.717) is 0 Å². The minimum atomic E-state index is -0.438. The predicted molar refractivity (Wildman–Crippen MR) is 47.4 cm³/mol. The van der Waals surface area contributed by atoms with E-state index in [9.17, 15) is 4.39 Å². The van der Waals surface area contributed by atoms with Gasteiger partial charge in [0.25, 0.3) is 0 Å². The van der Waals surface area contributed by atoms with Crippen LogP contribution >= 0.6 is 0 Å². The molecule has 0 aromatic heterocycles. The van der Waals surface area contributed by atoms with Gasteiger partial charge in [-0.2, -0.15) is 0 Å². The lowest BCUT2D eigenvalue weighted by molar-refractivity contribution is 0.273. The summed E-state index contributed by atoms with van der Waals surface area (Å²) in [6, 6.07) is 5.76. The zero-order valence-corrected chi connectivity index (χ0v) is 7.43. The molecule has 0 amide bonds. The summed E-state index contributed by atoms with van der Waals surface area (Å²) in [4.78, 5) is 0. The van der Waals surface area contributed by atoms with Crippen molar-refractivity contribution in [3.8, 4) is 5.75 Å². The zero-order valence-electron chi connectivity index (χ0n) is 7.43. The molecule has 0 aliphatic rings. The summed E-state index contributed by atoms with van der Waals surface area (Å²) in [5.41, 5.74) is 2.40. The zero-order chi connectivity index (χ0) is 8.97. The Kier molecular flexibility index (Phi) is 3.09. The van der Waals surface area contributed by atoms with Crippen LogP contribution in [0.5, 0.6) is 5.75 Å². The van der Waals surface area contributed by atoms with Gasteiger partial charge in [-0.1, -0.05) is 6.07 Å². The molecule has 2 heteroatoms. The van der Waals surface area contributed by atoms with Crippen molar-refractivity contribution in [2.75, 3.05) is 13.3 Å². The molecule has 0 radical (unpaired) electrons. The molecule has 0 saturated heterocycles. The van der Waals surface area contributed by atoms with Gasteiger partial charge >= 0.3 is 0 Å². The van der Waals surface area contributed by atoms with Crippen molar-refractivity contribution >= 4 is 0 Å². The van der Waals surface area contributed by atoms with E-state index >= 15 is 0 Å². The fourth-order valence-electron chi connectivity index (χ4n) is 0.960. The van der Waals surface area contributed by atoms with Crippen LogP contribution in [-0.2, 0) is 0 Å². The number of hydrogen-bond donors (Lipinski definition) is 0. The summed E-state index contributed by atoms with van der Waals surface area (Å²) < 4.78 is 16.8. The van der Waals surface area contributed by atoms with Crippen molar-refractivity contribution < 1.29 is 9.13 Å². The molecule has 0 saturated carbocycles. The van der Waals surface area contributed by atoms with Crippen molar-refractivity contribution in [1.29, 1.82) is 0 Å². The Morgan fingerprint density at radius 2 is 2.00 bits per heavy atom. The van der Waals surface area contributed by atoms with Crippen molar-refractivity contribution in [1.82, 2.24) is 0 Å². The molecule has 0 atom stereocenters. The van der Waals surface area contributed by atoms with E-state index in [-0.39, 0.29) is 6.61 Å². The van der Waals surface area contributed by atoms with E-state index in [1.165, 1.54) is 11.1 Å². The third-order valence-electron chi connectivity index (χ3n) is 1.82. The van der Waals surface area contributed by atoms with Gasteiger partial charge in [-0.15, -0.1) is 0 Å². The normalized spacial score (nSPS) is 9.92. The van der Waals surface area contributed by atoms with Crippen LogP contribution in [0.2, 0.25) is 0 Å². The first-order valence-electron chi connectivity index (χ1n) is 4.00. The lowest BCUT2D eigenvalue weighted by Gasteiger charge is -2.05. The van der Waals surface area contributed by atoms with Crippen molar-refractivity contribution in [3.63, 3.8) is 0 Å². The average Bonchev–Trinajstić information content (AvgIpc) is 2.07. The summed E-state index contributed by atoms with van der Waals surface area (Å²) in [6.45, 7) is 3.75. The average molecular weight is 168 g/mol. The van der Waals surface area contributed by atoms with Gasteiger partial charge in [-0.25, -0.2) is 4.39 Å². The van der Waals surface area contributed by atoms with Crippen LogP contribution in [0.4, 0.5) is 4.39 Å². The lowest BCUT2D eigenvalue weighted by Crippen LogP contribution is -1.98. The maximum Gasteiger partial charge on any atom is 0.123 e.